The maximum atomic E-state index is 12.4. The Kier molecular flexibility index (Phi) is 5.88. The zero-order valence-electron chi connectivity index (χ0n) is 13.4. The number of benzene rings is 2. The van der Waals surface area contributed by atoms with E-state index in [1.54, 1.807) is 25.3 Å². The summed E-state index contributed by atoms with van der Waals surface area (Å²) in [6, 6.07) is 12.6. The molecule has 0 fully saturated rings. The van der Waals surface area contributed by atoms with Crippen molar-refractivity contribution in [2.24, 2.45) is 0 Å². The van der Waals surface area contributed by atoms with Crippen molar-refractivity contribution in [1.82, 2.24) is 0 Å². The second-order valence-electron chi connectivity index (χ2n) is 5.15. The van der Waals surface area contributed by atoms with Crippen LogP contribution < -0.4 is 14.8 Å². The predicted molar refractivity (Wildman–Crippen MR) is 92.5 cm³/mol. The molecule has 2 aromatic rings. The van der Waals surface area contributed by atoms with Crippen LogP contribution >= 0.6 is 11.6 Å². The highest BCUT2D eigenvalue weighted by Crippen LogP contribution is 2.22. The van der Waals surface area contributed by atoms with Gasteiger partial charge in [0, 0.05) is 16.8 Å². The van der Waals surface area contributed by atoms with E-state index in [1.165, 1.54) is 0 Å². The average Bonchev–Trinajstić information content (AvgIpc) is 2.56. The Labute approximate surface area is 141 Å². The highest BCUT2D eigenvalue weighted by molar-refractivity contribution is 6.31. The minimum atomic E-state index is -0.595. The maximum Gasteiger partial charge on any atom is 0.265 e. The first kappa shape index (κ1) is 17.2. The smallest absolute Gasteiger partial charge is 0.265 e. The number of carbonyl (C=O) groups is 1. The number of nitrogens with one attached hydrogen (secondary N) is 1. The summed E-state index contributed by atoms with van der Waals surface area (Å²) in [5.41, 5.74) is 1.61. The Hall–Kier alpha value is -2.20. The third-order valence-corrected chi connectivity index (χ3v) is 3.83. The standard InChI is InChI=1S/C18H20ClNO3/c1-4-17(23-15-7-5-6-14(11-15)22-3)18(21)20-13-9-8-12(2)16(19)10-13/h5-11,17H,4H2,1-3H3,(H,20,21)/t17-/m1/s1. The van der Waals surface area contributed by atoms with E-state index in [4.69, 9.17) is 21.1 Å². The van der Waals surface area contributed by atoms with Crippen LogP contribution in [0, 0.1) is 6.92 Å². The third-order valence-electron chi connectivity index (χ3n) is 3.42. The van der Waals surface area contributed by atoms with Crippen LogP contribution in [0.25, 0.3) is 0 Å². The summed E-state index contributed by atoms with van der Waals surface area (Å²) in [6.45, 7) is 3.81. The molecule has 0 spiro atoms. The van der Waals surface area contributed by atoms with Crippen LogP contribution in [0.4, 0.5) is 5.69 Å². The molecule has 0 aliphatic carbocycles. The summed E-state index contributed by atoms with van der Waals surface area (Å²) < 4.78 is 10.9. The molecule has 0 heterocycles. The van der Waals surface area contributed by atoms with Gasteiger partial charge in [0.05, 0.1) is 7.11 Å². The van der Waals surface area contributed by atoms with E-state index < -0.39 is 6.10 Å². The first-order valence-electron chi connectivity index (χ1n) is 7.41. The van der Waals surface area contributed by atoms with E-state index in [2.05, 4.69) is 5.32 Å². The summed E-state index contributed by atoms with van der Waals surface area (Å²) in [6.07, 6.45) is -0.0509. The summed E-state index contributed by atoms with van der Waals surface area (Å²) >= 11 is 6.08. The molecule has 4 nitrogen and oxygen atoms in total. The largest absolute Gasteiger partial charge is 0.497 e. The lowest BCUT2D eigenvalue weighted by Gasteiger charge is -2.18. The molecule has 0 bridgehead atoms. The second kappa shape index (κ2) is 7.88. The molecule has 0 radical (unpaired) electrons. The molecular weight excluding hydrogens is 314 g/mol. The first-order chi connectivity index (χ1) is 11.0. The summed E-state index contributed by atoms with van der Waals surface area (Å²) in [7, 11) is 1.59. The van der Waals surface area contributed by atoms with Crippen LogP contribution in [0.15, 0.2) is 42.5 Å². The summed E-state index contributed by atoms with van der Waals surface area (Å²) in [5.74, 6) is 1.06. The lowest BCUT2D eigenvalue weighted by atomic mass is 10.2. The van der Waals surface area contributed by atoms with Crippen molar-refractivity contribution in [3.63, 3.8) is 0 Å². The van der Waals surface area contributed by atoms with Crippen molar-refractivity contribution in [1.29, 1.82) is 0 Å². The molecule has 1 atom stereocenters. The van der Waals surface area contributed by atoms with Crippen molar-refractivity contribution in [2.75, 3.05) is 12.4 Å². The first-order valence-corrected chi connectivity index (χ1v) is 7.79. The number of amides is 1. The number of aryl methyl sites for hydroxylation is 1. The fraction of sp³-hybridized carbons (Fsp3) is 0.278. The monoisotopic (exact) mass is 333 g/mol. The Morgan fingerprint density at radius 1 is 1.22 bits per heavy atom. The number of ether oxygens (including phenoxy) is 2. The van der Waals surface area contributed by atoms with Gasteiger partial charge in [0.2, 0.25) is 0 Å². The van der Waals surface area contributed by atoms with Gasteiger partial charge in [0.15, 0.2) is 6.10 Å². The van der Waals surface area contributed by atoms with Gasteiger partial charge >= 0.3 is 0 Å². The van der Waals surface area contributed by atoms with Crippen molar-refractivity contribution >= 4 is 23.2 Å². The van der Waals surface area contributed by atoms with Crippen molar-refractivity contribution < 1.29 is 14.3 Å². The van der Waals surface area contributed by atoms with Crippen LogP contribution in [0.5, 0.6) is 11.5 Å². The molecule has 1 amide bonds. The van der Waals surface area contributed by atoms with Crippen molar-refractivity contribution in [2.45, 2.75) is 26.4 Å². The van der Waals surface area contributed by atoms with Gasteiger partial charge in [-0.1, -0.05) is 30.7 Å². The highest BCUT2D eigenvalue weighted by Gasteiger charge is 2.19. The third kappa shape index (κ3) is 4.63. The molecule has 0 saturated heterocycles. The fourth-order valence-corrected chi connectivity index (χ4v) is 2.23. The normalized spacial score (nSPS) is 11.7. The molecule has 1 N–H and O–H groups in total. The minimum Gasteiger partial charge on any atom is -0.497 e. The average molecular weight is 334 g/mol. The molecule has 5 heteroatoms. The van der Waals surface area contributed by atoms with Gasteiger partial charge in [-0.15, -0.1) is 0 Å². The minimum absolute atomic E-state index is 0.213. The van der Waals surface area contributed by atoms with E-state index in [-0.39, 0.29) is 5.91 Å². The van der Waals surface area contributed by atoms with Crippen LogP contribution in [0.1, 0.15) is 18.9 Å². The predicted octanol–water partition coefficient (Wildman–Crippen LogP) is 4.45. The van der Waals surface area contributed by atoms with Gasteiger partial charge in [-0.2, -0.15) is 0 Å². The highest BCUT2D eigenvalue weighted by atomic mass is 35.5. The van der Waals surface area contributed by atoms with E-state index in [9.17, 15) is 4.79 Å². The lowest BCUT2D eigenvalue weighted by molar-refractivity contribution is -0.122. The van der Waals surface area contributed by atoms with E-state index in [0.717, 1.165) is 5.56 Å². The molecule has 0 unspecified atom stereocenters. The summed E-state index contributed by atoms with van der Waals surface area (Å²) in [5, 5.41) is 3.45. The molecule has 0 saturated carbocycles. The molecule has 122 valence electrons. The van der Waals surface area contributed by atoms with Gasteiger partial charge in [-0.3, -0.25) is 4.79 Å². The Morgan fingerprint density at radius 3 is 2.61 bits per heavy atom. The number of carbonyl (C=O) groups excluding carboxylic acids is 1. The van der Waals surface area contributed by atoms with Crippen molar-refractivity contribution in [3.05, 3.63) is 53.1 Å². The zero-order chi connectivity index (χ0) is 16.8. The van der Waals surface area contributed by atoms with Crippen LogP contribution in [0.3, 0.4) is 0 Å². The lowest BCUT2D eigenvalue weighted by Crippen LogP contribution is -2.32. The quantitative estimate of drug-likeness (QED) is 0.849. The molecule has 0 aliphatic heterocycles. The van der Waals surface area contributed by atoms with E-state index >= 15 is 0 Å². The Morgan fingerprint density at radius 2 is 1.96 bits per heavy atom. The number of anilines is 1. The SMILES string of the molecule is CC[C@@H](Oc1cccc(OC)c1)C(=O)Nc1ccc(C)c(Cl)c1. The molecule has 2 rings (SSSR count). The Bertz CT molecular complexity index is 688. The fourth-order valence-electron chi connectivity index (χ4n) is 2.05. The van der Waals surface area contributed by atoms with Gasteiger partial charge in [-0.05, 0) is 43.2 Å². The number of rotatable bonds is 6. The van der Waals surface area contributed by atoms with Gasteiger partial charge in [0.25, 0.3) is 5.91 Å². The van der Waals surface area contributed by atoms with Crippen LogP contribution in [-0.4, -0.2) is 19.1 Å². The summed E-state index contributed by atoms with van der Waals surface area (Å²) in [4.78, 5) is 12.4. The number of halogens is 1. The molecular formula is C18H20ClNO3. The second-order valence-corrected chi connectivity index (χ2v) is 5.55. The number of hydrogen-bond acceptors (Lipinski definition) is 3. The van der Waals surface area contributed by atoms with E-state index in [0.29, 0.717) is 28.6 Å². The Balaban J connectivity index is 2.07. The zero-order valence-corrected chi connectivity index (χ0v) is 14.2. The van der Waals surface area contributed by atoms with Gasteiger partial charge in [-0.25, -0.2) is 0 Å². The van der Waals surface area contributed by atoms with Crippen molar-refractivity contribution in [3.8, 4) is 11.5 Å². The molecule has 0 aromatic heterocycles. The van der Waals surface area contributed by atoms with Crippen LogP contribution in [-0.2, 0) is 4.79 Å². The topological polar surface area (TPSA) is 47.6 Å². The van der Waals surface area contributed by atoms with Gasteiger partial charge < -0.3 is 14.8 Å². The molecule has 0 aliphatic rings. The number of hydrogen-bond donors (Lipinski definition) is 1. The van der Waals surface area contributed by atoms with Gasteiger partial charge in [0.1, 0.15) is 11.5 Å². The molecule has 23 heavy (non-hydrogen) atoms. The molecule has 2 aromatic carbocycles. The number of methoxy groups -OCH3 is 1. The van der Waals surface area contributed by atoms with Crippen LogP contribution in [0.2, 0.25) is 5.02 Å². The maximum absolute atomic E-state index is 12.4. The van der Waals surface area contributed by atoms with E-state index in [1.807, 2.05) is 38.1 Å².